The number of ether oxygens (including phenoxy) is 1. The Morgan fingerprint density at radius 2 is 2.00 bits per heavy atom. The number of hydrogen-bond donors (Lipinski definition) is 0. The van der Waals surface area contributed by atoms with E-state index in [9.17, 15) is 0 Å². The van der Waals surface area contributed by atoms with Crippen LogP contribution in [0.2, 0.25) is 0 Å². The quantitative estimate of drug-likeness (QED) is 0.615. The Bertz CT molecular complexity index is 149. The monoisotopic (exact) mass is 194 g/mol. The van der Waals surface area contributed by atoms with Crippen molar-refractivity contribution in [1.29, 1.82) is 0 Å². The van der Waals surface area contributed by atoms with E-state index in [1.54, 1.807) is 0 Å². The first-order valence-electron chi connectivity index (χ1n) is 4.19. The summed E-state index contributed by atoms with van der Waals surface area (Å²) in [6.07, 6.45) is 5.58. The second-order valence-electron chi connectivity index (χ2n) is 3.61. The molecule has 0 aromatic carbocycles. The molecule has 0 aliphatic heterocycles. The predicted molar refractivity (Wildman–Crippen MR) is 45.8 cm³/mol. The molecule has 0 amide bonds. The first-order valence-corrected chi connectivity index (χ1v) is 5.06. The van der Waals surface area contributed by atoms with E-state index >= 15 is 0 Å². The molecule has 2 bridgehead atoms. The van der Waals surface area contributed by atoms with E-state index in [0.29, 0.717) is 6.10 Å². The normalized spacial score (nSPS) is 42.3. The lowest BCUT2D eigenvalue weighted by Crippen LogP contribution is -2.21. The van der Waals surface area contributed by atoms with Gasteiger partial charge in [-0.05, 0) is 37.5 Å². The SMILES string of the molecule is ClC(Cl)OC1CC2CCC1C2. The second kappa shape index (κ2) is 3.12. The highest BCUT2D eigenvalue weighted by Gasteiger charge is 2.40. The van der Waals surface area contributed by atoms with Gasteiger partial charge in [-0.3, -0.25) is 0 Å². The third kappa shape index (κ3) is 1.66. The summed E-state index contributed by atoms with van der Waals surface area (Å²) in [7, 11) is 0. The van der Waals surface area contributed by atoms with Gasteiger partial charge in [0.2, 0.25) is 5.02 Å². The van der Waals surface area contributed by atoms with Gasteiger partial charge in [0.1, 0.15) is 0 Å². The van der Waals surface area contributed by atoms with E-state index < -0.39 is 5.02 Å². The van der Waals surface area contributed by atoms with Gasteiger partial charge in [0.05, 0.1) is 6.10 Å². The number of halogens is 2. The highest BCUT2D eigenvalue weighted by molar-refractivity contribution is 6.43. The summed E-state index contributed by atoms with van der Waals surface area (Å²) in [5, 5.41) is -0.626. The Balaban J connectivity index is 1.87. The van der Waals surface area contributed by atoms with Crippen LogP contribution in [0.4, 0.5) is 0 Å². The molecule has 0 heterocycles. The van der Waals surface area contributed by atoms with Gasteiger partial charge >= 0.3 is 0 Å². The van der Waals surface area contributed by atoms with Crippen LogP contribution in [-0.4, -0.2) is 11.1 Å². The lowest BCUT2D eigenvalue weighted by molar-refractivity contribution is 0.0280. The van der Waals surface area contributed by atoms with Gasteiger partial charge in [0.25, 0.3) is 0 Å². The number of rotatable bonds is 2. The molecule has 0 N–H and O–H groups in total. The summed E-state index contributed by atoms with van der Waals surface area (Å²) < 4.78 is 5.38. The predicted octanol–water partition coefficient (Wildman–Crippen LogP) is 2.95. The molecular formula is C8H12Cl2O. The first kappa shape index (κ1) is 8.15. The minimum absolute atomic E-state index is 0.355. The lowest BCUT2D eigenvalue weighted by Gasteiger charge is -2.22. The maximum Gasteiger partial charge on any atom is 0.206 e. The second-order valence-corrected chi connectivity index (χ2v) is 4.63. The van der Waals surface area contributed by atoms with E-state index in [0.717, 1.165) is 11.8 Å². The number of hydrogen-bond acceptors (Lipinski definition) is 1. The van der Waals surface area contributed by atoms with Crippen LogP contribution in [-0.2, 0) is 4.74 Å². The lowest BCUT2D eigenvalue weighted by atomic mass is 9.98. The summed E-state index contributed by atoms with van der Waals surface area (Å²) in [4.78, 5) is 0. The van der Waals surface area contributed by atoms with Crippen molar-refractivity contribution in [3.63, 3.8) is 0 Å². The van der Waals surface area contributed by atoms with Crippen molar-refractivity contribution in [1.82, 2.24) is 0 Å². The molecule has 2 saturated carbocycles. The van der Waals surface area contributed by atoms with Crippen LogP contribution in [0.5, 0.6) is 0 Å². The standard InChI is InChI=1S/C8H12Cl2O/c9-8(10)11-7-4-5-1-2-6(7)3-5/h5-8H,1-4H2. The minimum Gasteiger partial charge on any atom is -0.345 e. The zero-order chi connectivity index (χ0) is 7.84. The fourth-order valence-electron chi connectivity index (χ4n) is 2.49. The van der Waals surface area contributed by atoms with E-state index in [4.69, 9.17) is 27.9 Å². The maximum atomic E-state index is 5.54. The zero-order valence-corrected chi connectivity index (χ0v) is 7.81. The molecule has 2 fully saturated rings. The van der Waals surface area contributed by atoms with E-state index in [-0.39, 0.29) is 0 Å². The third-order valence-electron chi connectivity index (χ3n) is 2.95. The van der Waals surface area contributed by atoms with Crippen molar-refractivity contribution in [2.24, 2.45) is 11.8 Å². The molecule has 11 heavy (non-hydrogen) atoms. The van der Waals surface area contributed by atoms with Crippen LogP contribution >= 0.6 is 23.2 Å². The van der Waals surface area contributed by atoms with Gasteiger partial charge in [-0.25, -0.2) is 0 Å². The largest absolute Gasteiger partial charge is 0.345 e. The van der Waals surface area contributed by atoms with Gasteiger partial charge in [0, 0.05) is 0 Å². The van der Waals surface area contributed by atoms with E-state index in [2.05, 4.69) is 0 Å². The number of alkyl halides is 2. The molecule has 0 radical (unpaired) electrons. The third-order valence-corrected chi connectivity index (χ3v) is 3.16. The minimum atomic E-state index is -0.626. The Morgan fingerprint density at radius 1 is 1.18 bits per heavy atom. The molecule has 64 valence electrons. The summed E-state index contributed by atoms with van der Waals surface area (Å²) in [5.41, 5.74) is 0. The Morgan fingerprint density at radius 3 is 2.45 bits per heavy atom. The maximum absolute atomic E-state index is 5.54. The molecule has 1 nitrogen and oxygen atoms in total. The molecule has 0 spiro atoms. The van der Waals surface area contributed by atoms with Crippen LogP contribution in [0.25, 0.3) is 0 Å². The van der Waals surface area contributed by atoms with Crippen molar-refractivity contribution >= 4 is 23.2 Å². The fraction of sp³-hybridized carbons (Fsp3) is 1.00. The van der Waals surface area contributed by atoms with Gasteiger partial charge in [-0.2, -0.15) is 0 Å². The highest BCUT2D eigenvalue weighted by Crippen LogP contribution is 2.46. The molecule has 2 aliphatic carbocycles. The van der Waals surface area contributed by atoms with Crippen LogP contribution < -0.4 is 0 Å². The molecule has 2 aliphatic rings. The molecule has 3 unspecified atom stereocenters. The van der Waals surface area contributed by atoms with Gasteiger partial charge < -0.3 is 4.74 Å². The van der Waals surface area contributed by atoms with Crippen LogP contribution in [0, 0.1) is 11.8 Å². The van der Waals surface area contributed by atoms with Crippen molar-refractivity contribution in [2.75, 3.05) is 0 Å². The molecule has 3 heteroatoms. The molecule has 3 atom stereocenters. The van der Waals surface area contributed by atoms with Gasteiger partial charge in [-0.15, -0.1) is 0 Å². The molecule has 0 saturated heterocycles. The van der Waals surface area contributed by atoms with Gasteiger partial charge in [0.15, 0.2) is 0 Å². The van der Waals surface area contributed by atoms with Crippen molar-refractivity contribution < 1.29 is 4.74 Å². The zero-order valence-electron chi connectivity index (χ0n) is 6.30. The van der Waals surface area contributed by atoms with Crippen molar-refractivity contribution in [3.05, 3.63) is 0 Å². The average molecular weight is 195 g/mol. The van der Waals surface area contributed by atoms with Crippen molar-refractivity contribution in [2.45, 2.75) is 36.8 Å². The summed E-state index contributed by atoms with van der Waals surface area (Å²) in [6, 6.07) is 0. The highest BCUT2D eigenvalue weighted by atomic mass is 35.5. The smallest absolute Gasteiger partial charge is 0.206 e. The summed E-state index contributed by atoms with van der Waals surface area (Å²) in [6.45, 7) is 0. The van der Waals surface area contributed by atoms with Gasteiger partial charge in [-0.1, -0.05) is 23.2 Å². The van der Waals surface area contributed by atoms with Crippen LogP contribution in [0.15, 0.2) is 0 Å². The molecular weight excluding hydrogens is 183 g/mol. The summed E-state index contributed by atoms with van der Waals surface area (Å²) >= 11 is 11.1. The molecule has 0 aromatic heterocycles. The first-order chi connectivity index (χ1) is 5.25. The van der Waals surface area contributed by atoms with Crippen LogP contribution in [0.1, 0.15) is 25.7 Å². The Hall–Kier alpha value is 0.540. The fourth-order valence-corrected chi connectivity index (χ4v) is 2.75. The van der Waals surface area contributed by atoms with E-state index in [1.807, 2.05) is 0 Å². The number of fused-ring (bicyclic) bond motifs is 2. The van der Waals surface area contributed by atoms with Crippen LogP contribution in [0.3, 0.4) is 0 Å². The van der Waals surface area contributed by atoms with E-state index in [1.165, 1.54) is 25.7 Å². The molecule has 2 rings (SSSR count). The Kier molecular flexibility index (Phi) is 2.31. The van der Waals surface area contributed by atoms with Crippen molar-refractivity contribution in [3.8, 4) is 0 Å². The average Bonchev–Trinajstić information content (AvgIpc) is 2.45. The topological polar surface area (TPSA) is 9.23 Å². The Labute approximate surface area is 77.0 Å². The molecule has 0 aromatic rings. The summed E-state index contributed by atoms with van der Waals surface area (Å²) in [5.74, 6) is 1.65.